The Morgan fingerprint density at radius 3 is 2.55 bits per heavy atom. The molecule has 1 saturated carbocycles. The SMILES string of the molecule is CC(CCN(C)C)NC(=O)C1CCC(N)C(C)C1(C)C. The first kappa shape index (κ1) is 17.4. The Balaban J connectivity index is 2.58. The number of rotatable bonds is 5. The number of nitrogens with two attached hydrogens (primary N) is 1. The minimum absolute atomic E-state index is 0.0248. The molecule has 0 aromatic heterocycles. The summed E-state index contributed by atoms with van der Waals surface area (Å²) >= 11 is 0. The summed E-state index contributed by atoms with van der Waals surface area (Å²) in [5, 5.41) is 3.19. The van der Waals surface area contributed by atoms with E-state index in [2.05, 4.69) is 52.0 Å². The fourth-order valence-corrected chi connectivity index (χ4v) is 3.19. The van der Waals surface area contributed by atoms with E-state index in [1.54, 1.807) is 0 Å². The average Bonchev–Trinajstić information content (AvgIpc) is 2.33. The molecule has 0 heterocycles. The van der Waals surface area contributed by atoms with Crippen molar-refractivity contribution in [1.82, 2.24) is 10.2 Å². The number of nitrogens with one attached hydrogen (secondary N) is 1. The Morgan fingerprint density at radius 1 is 1.40 bits per heavy atom. The monoisotopic (exact) mass is 283 g/mol. The van der Waals surface area contributed by atoms with Crippen LogP contribution in [0, 0.1) is 17.3 Å². The van der Waals surface area contributed by atoms with Crippen molar-refractivity contribution in [3.63, 3.8) is 0 Å². The Labute approximate surface area is 124 Å². The fraction of sp³-hybridized carbons (Fsp3) is 0.938. The highest BCUT2D eigenvalue weighted by molar-refractivity contribution is 5.80. The van der Waals surface area contributed by atoms with Gasteiger partial charge in [0, 0.05) is 18.0 Å². The zero-order chi connectivity index (χ0) is 15.5. The molecule has 4 heteroatoms. The minimum Gasteiger partial charge on any atom is -0.353 e. The predicted molar refractivity (Wildman–Crippen MR) is 84.4 cm³/mol. The van der Waals surface area contributed by atoms with Crippen molar-refractivity contribution in [1.29, 1.82) is 0 Å². The summed E-state index contributed by atoms with van der Waals surface area (Å²) in [5.74, 6) is 0.670. The zero-order valence-electron chi connectivity index (χ0n) is 14.1. The van der Waals surface area contributed by atoms with E-state index >= 15 is 0 Å². The van der Waals surface area contributed by atoms with Crippen molar-refractivity contribution in [2.45, 2.75) is 59.0 Å². The van der Waals surface area contributed by atoms with Gasteiger partial charge in [0.05, 0.1) is 0 Å². The molecule has 0 radical (unpaired) electrons. The van der Waals surface area contributed by atoms with Crippen LogP contribution in [0.15, 0.2) is 0 Å². The molecule has 0 aliphatic heterocycles. The summed E-state index contributed by atoms with van der Waals surface area (Å²) in [6.45, 7) is 9.64. The molecule has 4 nitrogen and oxygen atoms in total. The van der Waals surface area contributed by atoms with Gasteiger partial charge in [-0.3, -0.25) is 4.79 Å². The molecule has 0 aromatic carbocycles. The molecule has 1 aliphatic rings. The first-order valence-electron chi connectivity index (χ1n) is 7.87. The van der Waals surface area contributed by atoms with Crippen LogP contribution in [-0.2, 0) is 4.79 Å². The van der Waals surface area contributed by atoms with Crippen molar-refractivity contribution in [2.24, 2.45) is 23.0 Å². The summed E-state index contributed by atoms with van der Waals surface area (Å²) in [4.78, 5) is 14.7. The van der Waals surface area contributed by atoms with Crippen LogP contribution in [0.2, 0.25) is 0 Å². The fourth-order valence-electron chi connectivity index (χ4n) is 3.19. The highest BCUT2D eigenvalue weighted by atomic mass is 16.2. The number of hydrogen-bond donors (Lipinski definition) is 2. The van der Waals surface area contributed by atoms with E-state index in [0.717, 1.165) is 25.8 Å². The number of carbonyl (C=O) groups is 1. The topological polar surface area (TPSA) is 58.4 Å². The highest BCUT2D eigenvalue weighted by Gasteiger charge is 2.45. The van der Waals surface area contributed by atoms with E-state index in [9.17, 15) is 4.79 Å². The molecule has 4 atom stereocenters. The Hall–Kier alpha value is -0.610. The van der Waals surface area contributed by atoms with Gasteiger partial charge < -0.3 is 16.0 Å². The summed E-state index contributed by atoms with van der Waals surface area (Å²) in [6, 6.07) is 0.451. The van der Waals surface area contributed by atoms with Crippen LogP contribution in [0.3, 0.4) is 0 Å². The van der Waals surface area contributed by atoms with Crippen LogP contribution in [0.1, 0.15) is 47.0 Å². The molecule has 3 N–H and O–H groups in total. The molecular formula is C16H33N3O. The van der Waals surface area contributed by atoms with Crippen LogP contribution in [0.5, 0.6) is 0 Å². The standard InChI is InChI=1S/C16H33N3O/c1-11(9-10-19(5)6)18-15(20)13-7-8-14(17)12(2)16(13,3)4/h11-14H,7-10,17H2,1-6H3,(H,18,20). The summed E-state index contributed by atoms with van der Waals surface area (Å²) in [6.07, 6.45) is 2.85. The van der Waals surface area contributed by atoms with E-state index < -0.39 is 0 Å². The smallest absolute Gasteiger partial charge is 0.223 e. The molecule has 1 amide bonds. The van der Waals surface area contributed by atoms with Gasteiger partial charge in [-0.15, -0.1) is 0 Å². The Bertz CT molecular complexity index is 328. The normalized spacial score (nSPS) is 31.1. The van der Waals surface area contributed by atoms with Crippen molar-refractivity contribution in [3.05, 3.63) is 0 Å². The van der Waals surface area contributed by atoms with E-state index in [0.29, 0.717) is 5.92 Å². The highest BCUT2D eigenvalue weighted by Crippen LogP contribution is 2.44. The van der Waals surface area contributed by atoms with Gasteiger partial charge in [-0.1, -0.05) is 20.8 Å². The summed E-state index contributed by atoms with van der Waals surface area (Å²) < 4.78 is 0. The quantitative estimate of drug-likeness (QED) is 0.809. The zero-order valence-corrected chi connectivity index (χ0v) is 14.1. The van der Waals surface area contributed by atoms with Gasteiger partial charge in [-0.25, -0.2) is 0 Å². The molecule has 0 saturated heterocycles. The maximum Gasteiger partial charge on any atom is 0.223 e. The molecule has 1 aliphatic carbocycles. The van der Waals surface area contributed by atoms with Crippen molar-refractivity contribution in [3.8, 4) is 0 Å². The molecular weight excluding hydrogens is 250 g/mol. The molecule has 20 heavy (non-hydrogen) atoms. The molecule has 0 aromatic rings. The predicted octanol–water partition coefficient (Wildman–Crippen LogP) is 1.84. The molecule has 1 fully saturated rings. The van der Waals surface area contributed by atoms with E-state index in [1.165, 1.54) is 0 Å². The number of carbonyl (C=O) groups excluding carboxylic acids is 1. The van der Waals surface area contributed by atoms with Gasteiger partial charge in [-0.2, -0.15) is 0 Å². The number of hydrogen-bond acceptors (Lipinski definition) is 3. The summed E-state index contributed by atoms with van der Waals surface area (Å²) in [5.41, 5.74) is 6.14. The minimum atomic E-state index is -0.0248. The first-order valence-corrected chi connectivity index (χ1v) is 7.87. The molecule has 0 bridgehead atoms. The molecule has 1 rings (SSSR count). The maximum atomic E-state index is 12.6. The van der Waals surface area contributed by atoms with Crippen molar-refractivity contribution < 1.29 is 4.79 Å². The second-order valence-corrected chi connectivity index (χ2v) is 7.41. The van der Waals surface area contributed by atoms with Gasteiger partial charge in [-0.05, 0) is 58.2 Å². The molecule has 0 spiro atoms. The third-order valence-electron chi connectivity index (χ3n) is 5.22. The third-order valence-corrected chi connectivity index (χ3v) is 5.22. The van der Waals surface area contributed by atoms with Gasteiger partial charge in [0.15, 0.2) is 0 Å². The van der Waals surface area contributed by atoms with Gasteiger partial charge in [0.25, 0.3) is 0 Å². The lowest BCUT2D eigenvalue weighted by atomic mass is 9.61. The van der Waals surface area contributed by atoms with E-state index in [4.69, 9.17) is 5.73 Å². The lowest BCUT2D eigenvalue weighted by Gasteiger charge is -2.46. The number of amides is 1. The summed E-state index contributed by atoms with van der Waals surface area (Å²) in [7, 11) is 4.11. The van der Waals surface area contributed by atoms with Crippen LogP contribution >= 0.6 is 0 Å². The second kappa shape index (κ2) is 6.90. The molecule has 118 valence electrons. The van der Waals surface area contributed by atoms with Gasteiger partial charge >= 0.3 is 0 Å². The lowest BCUT2D eigenvalue weighted by molar-refractivity contribution is -0.133. The van der Waals surface area contributed by atoms with E-state index in [-0.39, 0.29) is 29.3 Å². The average molecular weight is 283 g/mol. The van der Waals surface area contributed by atoms with Crippen molar-refractivity contribution in [2.75, 3.05) is 20.6 Å². The molecule has 4 unspecified atom stereocenters. The van der Waals surface area contributed by atoms with Gasteiger partial charge in [0.2, 0.25) is 5.91 Å². The number of nitrogens with zero attached hydrogens (tertiary/aromatic N) is 1. The van der Waals surface area contributed by atoms with Crippen LogP contribution in [-0.4, -0.2) is 43.5 Å². The maximum absolute atomic E-state index is 12.6. The Morgan fingerprint density at radius 2 is 2.00 bits per heavy atom. The lowest BCUT2D eigenvalue weighted by Crippen LogP contribution is -2.52. The van der Waals surface area contributed by atoms with E-state index in [1.807, 2.05) is 0 Å². The largest absolute Gasteiger partial charge is 0.353 e. The second-order valence-electron chi connectivity index (χ2n) is 7.41. The van der Waals surface area contributed by atoms with Crippen LogP contribution in [0.25, 0.3) is 0 Å². The van der Waals surface area contributed by atoms with Gasteiger partial charge in [0.1, 0.15) is 0 Å². The van der Waals surface area contributed by atoms with Crippen LogP contribution < -0.4 is 11.1 Å². The van der Waals surface area contributed by atoms with Crippen molar-refractivity contribution >= 4 is 5.91 Å². The first-order chi connectivity index (χ1) is 9.16. The van der Waals surface area contributed by atoms with Crippen LogP contribution in [0.4, 0.5) is 0 Å². The Kier molecular flexibility index (Phi) is 6.02. The third kappa shape index (κ3) is 4.19.